The van der Waals surface area contributed by atoms with Crippen molar-refractivity contribution in [1.82, 2.24) is 5.32 Å². The van der Waals surface area contributed by atoms with Crippen LogP contribution in [0, 0.1) is 18.6 Å². The summed E-state index contributed by atoms with van der Waals surface area (Å²) in [6.07, 6.45) is 0.744. The lowest BCUT2D eigenvalue weighted by Crippen LogP contribution is -2.19. The van der Waals surface area contributed by atoms with Gasteiger partial charge in [-0.2, -0.15) is 0 Å². The molecule has 3 heteroatoms. The fourth-order valence-electron chi connectivity index (χ4n) is 2.17. The van der Waals surface area contributed by atoms with Crippen LogP contribution in [-0.4, -0.2) is 7.05 Å². The Hall–Kier alpha value is -1.74. The number of hydrogen-bond acceptors (Lipinski definition) is 1. The predicted molar refractivity (Wildman–Crippen MR) is 73.0 cm³/mol. The van der Waals surface area contributed by atoms with Gasteiger partial charge in [0.2, 0.25) is 0 Å². The number of likely N-dealkylation sites (N-methyl/N-ethyl adjacent to an activating group) is 1. The van der Waals surface area contributed by atoms with Gasteiger partial charge in [-0.1, -0.05) is 30.3 Å². The van der Waals surface area contributed by atoms with E-state index in [0.29, 0.717) is 0 Å². The van der Waals surface area contributed by atoms with Gasteiger partial charge in [0, 0.05) is 6.04 Å². The van der Waals surface area contributed by atoms with Crippen molar-refractivity contribution in [2.45, 2.75) is 19.4 Å². The molecule has 0 fully saturated rings. The molecule has 2 rings (SSSR count). The summed E-state index contributed by atoms with van der Waals surface area (Å²) in [7, 11) is 1.82. The van der Waals surface area contributed by atoms with Crippen LogP contribution in [0.2, 0.25) is 0 Å². The lowest BCUT2D eigenvalue weighted by Gasteiger charge is -2.18. The number of halogens is 2. The molecule has 0 saturated carbocycles. The van der Waals surface area contributed by atoms with Gasteiger partial charge in [0.05, 0.1) is 0 Å². The van der Waals surface area contributed by atoms with Gasteiger partial charge in [-0.3, -0.25) is 0 Å². The second-order valence-electron chi connectivity index (χ2n) is 4.65. The van der Waals surface area contributed by atoms with E-state index in [-0.39, 0.29) is 6.04 Å². The lowest BCUT2D eigenvalue weighted by atomic mass is 9.96. The molecule has 0 aliphatic rings. The van der Waals surface area contributed by atoms with E-state index < -0.39 is 11.6 Å². The summed E-state index contributed by atoms with van der Waals surface area (Å²) in [6, 6.07) is 12.1. The van der Waals surface area contributed by atoms with E-state index in [1.54, 1.807) is 6.07 Å². The Morgan fingerprint density at radius 3 is 2.42 bits per heavy atom. The third kappa shape index (κ3) is 3.18. The van der Waals surface area contributed by atoms with Crippen molar-refractivity contribution < 1.29 is 8.78 Å². The smallest absolute Gasteiger partial charge is 0.159 e. The van der Waals surface area contributed by atoms with Crippen molar-refractivity contribution >= 4 is 0 Å². The molecular weight excluding hydrogens is 244 g/mol. The molecule has 0 aliphatic heterocycles. The van der Waals surface area contributed by atoms with Crippen molar-refractivity contribution in [3.05, 3.63) is 70.8 Å². The average Bonchev–Trinajstić information content (AvgIpc) is 2.41. The maximum atomic E-state index is 13.3. The molecule has 0 radical (unpaired) electrons. The molecule has 0 amide bonds. The lowest BCUT2D eigenvalue weighted by molar-refractivity contribution is 0.501. The summed E-state index contributed by atoms with van der Waals surface area (Å²) >= 11 is 0. The van der Waals surface area contributed by atoms with Crippen molar-refractivity contribution in [2.24, 2.45) is 0 Å². The predicted octanol–water partition coefficient (Wildman–Crippen LogP) is 3.78. The van der Waals surface area contributed by atoms with E-state index in [9.17, 15) is 8.78 Å². The van der Waals surface area contributed by atoms with Crippen LogP contribution in [-0.2, 0) is 6.42 Å². The van der Waals surface area contributed by atoms with Crippen molar-refractivity contribution in [3.63, 3.8) is 0 Å². The van der Waals surface area contributed by atoms with Crippen molar-refractivity contribution in [3.8, 4) is 0 Å². The largest absolute Gasteiger partial charge is 0.313 e. The Morgan fingerprint density at radius 2 is 1.79 bits per heavy atom. The van der Waals surface area contributed by atoms with E-state index in [4.69, 9.17) is 0 Å². The Balaban J connectivity index is 2.25. The van der Waals surface area contributed by atoms with Crippen molar-refractivity contribution in [1.29, 1.82) is 0 Å². The molecule has 100 valence electrons. The number of rotatable bonds is 4. The van der Waals surface area contributed by atoms with Crippen LogP contribution < -0.4 is 5.32 Å². The topological polar surface area (TPSA) is 12.0 Å². The first-order valence-corrected chi connectivity index (χ1v) is 6.28. The molecule has 0 spiro atoms. The molecule has 0 saturated heterocycles. The molecule has 1 nitrogen and oxygen atoms in total. The molecule has 1 atom stereocenters. The zero-order chi connectivity index (χ0) is 13.8. The van der Waals surface area contributed by atoms with E-state index in [1.165, 1.54) is 23.3 Å². The summed E-state index contributed by atoms with van der Waals surface area (Å²) in [5, 5.41) is 3.15. The highest BCUT2D eigenvalue weighted by Crippen LogP contribution is 2.21. The molecule has 0 aromatic heterocycles. The first-order chi connectivity index (χ1) is 9.11. The molecule has 0 heterocycles. The van der Waals surface area contributed by atoms with Gasteiger partial charge in [0.25, 0.3) is 0 Å². The third-order valence-electron chi connectivity index (χ3n) is 3.38. The fourth-order valence-corrected chi connectivity index (χ4v) is 2.17. The molecule has 0 bridgehead atoms. The van der Waals surface area contributed by atoms with E-state index in [0.717, 1.165) is 12.0 Å². The molecule has 2 aromatic rings. The summed E-state index contributed by atoms with van der Waals surface area (Å²) < 4.78 is 26.3. The number of nitrogens with one attached hydrogen (secondary N) is 1. The Kier molecular flexibility index (Phi) is 4.27. The molecule has 1 unspecified atom stereocenters. The summed E-state index contributed by atoms with van der Waals surface area (Å²) in [5.74, 6) is -1.61. The van der Waals surface area contributed by atoms with E-state index in [2.05, 4.69) is 11.4 Å². The highest BCUT2D eigenvalue weighted by atomic mass is 19.2. The fraction of sp³-hybridized carbons (Fsp3) is 0.250. The minimum Gasteiger partial charge on any atom is -0.313 e. The molecule has 0 aliphatic carbocycles. The van der Waals surface area contributed by atoms with Gasteiger partial charge in [0.1, 0.15) is 0 Å². The van der Waals surface area contributed by atoms with E-state index >= 15 is 0 Å². The summed E-state index contributed by atoms with van der Waals surface area (Å²) in [6.45, 7) is 2.05. The Labute approximate surface area is 112 Å². The average molecular weight is 261 g/mol. The van der Waals surface area contributed by atoms with Gasteiger partial charge in [-0.25, -0.2) is 8.78 Å². The number of hydrogen-bond donors (Lipinski definition) is 1. The first-order valence-electron chi connectivity index (χ1n) is 6.28. The SMILES string of the molecule is CNC(Cc1ccccc1C)c1ccc(F)c(F)c1. The minimum absolute atomic E-state index is 0.0313. The second-order valence-corrected chi connectivity index (χ2v) is 4.65. The molecule has 19 heavy (non-hydrogen) atoms. The monoisotopic (exact) mass is 261 g/mol. The van der Waals surface area contributed by atoms with Gasteiger partial charge in [-0.05, 0) is 49.2 Å². The van der Waals surface area contributed by atoms with Gasteiger partial charge < -0.3 is 5.32 Å². The van der Waals surface area contributed by atoms with Crippen LogP contribution in [0.3, 0.4) is 0 Å². The zero-order valence-corrected chi connectivity index (χ0v) is 11.1. The van der Waals surface area contributed by atoms with Gasteiger partial charge in [0.15, 0.2) is 11.6 Å². The first kappa shape index (κ1) is 13.7. The van der Waals surface area contributed by atoms with Crippen LogP contribution >= 0.6 is 0 Å². The Bertz CT molecular complexity index is 566. The molecular formula is C16H17F2N. The Morgan fingerprint density at radius 1 is 1.05 bits per heavy atom. The van der Waals surface area contributed by atoms with Crippen LogP contribution in [0.5, 0.6) is 0 Å². The second kappa shape index (κ2) is 5.93. The van der Waals surface area contributed by atoms with Crippen molar-refractivity contribution in [2.75, 3.05) is 7.05 Å². The standard InChI is InChI=1S/C16H17F2N/c1-11-5-3-4-6-12(11)10-16(19-2)13-7-8-14(17)15(18)9-13/h3-9,16,19H,10H2,1-2H3. The zero-order valence-electron chi connectivity index (χ0n) is 11.1. The summed E-state index contributed by atoms with van der Waals surface area (Å²) in [4.78, 5) is 0. The maximum absolute atomic E-state index is 13.3. The van der Waals surface area contributed by atoms with Crippen LogP contribution in [0.25, 0.3) is 0 Å². The van der Waals surface area contributed by atoms with Crippen LogP contribution in [0.15, 0.2) is 42.5 Å². The summed E-state index contributed by atoms with van der Waals surface area (Å²) in [5.41, 5.74) is 3.15. The van der Waals surface area contributed by atoms with Crippen LogP contribution in [0.1, 0.15) is 22.7 Å². The number of aryl methyl sites for hydroxylation is 1. The highest BCUT2D eigenvalue weighted by molar-refractivity contribution is 5.29. The molecule has 2 aromatic carbocycles. The van der Waals surface area contributed by atoms with Gasteiger partial charge in [-0.15, -0.1) is 0 Å². The van der Waals surface area contributed by atoms with E-state index in [1.807, 2.05) is 32.2 Å². The quantitative estimate of drug-likeness (QED) is 0.883. The normalized spacial score (nSPS) is 12.4. The number of benzene rings is 2. The van der Waals surface area contributed by atoms with Crippen LogP contribution in [0.4, 0.5) is 8.78 Å². The highest BCUT2D eigenvalue weighted by Gasteiger charge is 2.13. The third-order valence-corrected chi connectivity index (χ3v) is 3.38. The molecule has 1 N–H and O–H groups in total. The maximum Gasteiger partial charge on any atom is 0.159 e. The minimum atomic E-state index is -0.811. The van der Waals surface area contributed by atoms with Gasteiger partial charge >= 0.3 is 0 Å².